The zero-order valence-electron chi connectivity index (χ0n) is 6.65. The van der Waals surface area contributed by atoms with Gasteiger partial charge in [-0.15, -0.1) is 0 Å². The molecule has 11 heavy (non-hydrogen) atoms. The van der Waals surface area contributed by atoms with E-state index in [0.29, 0.717) is 12.8 Å². The van der Waals surface area contributed by atoms with E-state index >= 15 is 0 Å². The van der Waals surface area contributed by atoms with Crippen LogP contribution in [0.1, 0.15) is 26.7 Å². The summed E-state index contributed by atoms with van der Waals surface area (Å²) in [5, 5.41) is 0. The van der Waals surface area contributed by atoms with Crippen molar-refractivity contribution in [1.29, 1.82) is 0 Å². The van der Waals surface area contributed by atoms with Gasteiger partial charge in [0.05, 0.1) is 0 Å². The summed E-state index contributed by atoms with van der Waals surface area (Å²) in [5.74, 6) is -0.649. The summed E-state index contributed by atoms with van der Waals surface area (Å²) < 4.78 is 21.3. The van der Waals surface area contributed by atoms with Crippen molar-refractivity contribution in [3.8, 4) is 0 Å². The minimum absolute atomic E-state index is 0.179. The standard InChI is InChI=1S/C6H12O2.2H2O.Sb/c1-3-5(4-2)6(7)8;;;/h5H,3-4H2,1-2H3,(H,7,8);2*1H2;/q;;;+3/p-3. The first-order valence-corrected chi connectivity index (χ1v) is 6.84. The zero-order valence-corrected chi connectivity index (χ0v) is 9.20. The van der Waals surface area contributed by atoms with Crippen molar-refractivity contribution in [2.45, 2.75) is 26.7 Å². The number of carbonyl (C=O) groups is 1. The van der Waals surface area contributed by atoms with E-state index in [2.05, 4.69) is 3.02 Å². The molecule has 2 N–H and O–H groups in total. The molecule has 0 rings (SSSR count). The van der Waals surface area contributed by atoms with E-state index in [9.17, 15) is 4.79 Å². The van der Waals surface area contributed by atoms with E-state index in [1.165, 1.54) is 0 Å². The maximum absolute atomic E-state index is 10.9. The first kappa shape index (κ1) is 11.2. The topological polar surface area (TPSA) is 66.8 Å². The summed E-state index contributed by atoms with van der Waals surface area (Å²) in [6.07, 6.45) is 1.37. The predicted octanol–water partition coefficient (Wildman–Crippen LogP) is -0.0647. The first-order valence-electron chi connectivity index (χ1n) is 3.51. The van der Waals surface area contributed by atoms with Crippen LogP contribution in [0.25, 0.3) is 0 Å². The molecular weight excluding hydrogens is 258 g/mol. The summed E-state index contributed by atoms with van der Waals surface area (Å²) in [7, 11) is 0. The van der Waals surface area contributed by atoms with Crippen molar-refractivity contribution < 1.29 is 14.6 Å². The molecule has 0 unspecified atom stereocenters. The number of carbonyl (C=O) groups excluding carboxylic acids is 1. The fourth-order valence-corrected chi connectivity index (χ4v) is 1.66. The Morgan fingerprint density at radius 3 is 2.18 bits per heavy atom. The quantitative estimate of drug-likeness (QED) is 0.703. The molecule has 0 spiro atoms. The van der Waals surface area contributed by atoms with Gasteiger partial charge in [0.25, 0.3) is 0 Å². The molecule has 0 aromatic carbocycles. The third kappa shape index (κ3) is 4.61. The van der Waals surface area contributed by atoms with Crippen molar-refractivity contribution in [2.24, 2.45) is 5.92 Å². The molecule has 0 aromatic rings. The summed E-state index contributed by atoms with van der Waals surface area (Å²) in [5.41, 5.74) is 0. The van der Waals surface area contributed by atoms with Crippen molar-refractivity contribution in [3.63, 3.8) is 0 Å². The second kappa shape index (κ2) is 5.81. The van der Waals surface area contributed by atoms with Gasteiger partial charge >= 0.3 is 74.6 Å². The van der Waals surface area contributed by atoms with Gasteiger partial charge < -0.3 is 0 Å². The maximum atomic E-state index is 10.9. The van der Waals surface area contributed by atoms with Crippen LogP contribution in [0.15, 0.2) is 0 Å². The first-order chi connectivity index (χ1) is 5.11. The fraction of sp³-hybridized carbons (Fsp3) is 0.833. The molecule has 0 heterocycles. The van der Waals surface area contributed by atoms with Crippen LogP contribution in [-0.2, 0) is 7.81 Å². The molecule has 0 saturated carbocycles. The van der Waals surface area contributed by atoms with Gasteiger partial charge in [0.15, 0.2) is 0 Å². The van der Waals surface area contributed by atoms with E-state index < -0.39 is 27.4 Å². The molecule has 0 aliphatic rings. The summed E-state index contributed by atoms with van der Waals surface area (Å²) in [6.45, 7) is 3.73. The van der Waals surface area contributed by atoms with E-state index in [-0.39, 0.29) is 5.92 Å². The molecule has 5 heteroatoms. The molecule has 0 atom stereocenters. The van der Waals surface area contributed by atoms with Gasteiger partial charge in [-0.05, 0) is 0 Å². The fourth-order valence-electron chi connectivity index (χ4n) is 0.777. The molecule has 0 fully saturated rings. The predicted molar refractivity (Wildman–Crippen MR) is 40.4 cm³/mol. The number of hydrogen-bond acceptors (Lipinski definition) is 4. The van der Waals surface area contributed by atoms with Gasteiger partial charge in [-0.25, -0.2) is 0 Å². The Kier molecular flexibility index (Phi) is 5.92. The second-order valence-corrected chi connectivity index (χ2v) is 4.14. The van der Waals surface area contributed by atoms with Gasteiger partial charge in [0.1, 0.15) is 0 Å². The van der Waals surface area contributed by atoms with Crippen LogP contribution in [0.2, 0.25) is 0 Å². The Bertz CT molecular complexity index is 122. The Hall–Kier alpha value is 0.208. The van der Waals surface area contributed by atoms with Gasteiger partial charge in [-0.1, -0.05) is 0 Å². The van der Waals surface area contributed by atoms with Gasteiger partial charge in [-0.2, -0.15) is 0 Å². The average Bonchev–Trinajstić information content (AvgIpc) is 1.88. The molecule has 0 radical (unpaired) electrons. The minimum atomic E-state index is -3.54. The second-order valence-electron chi connectivity index (χ2n) is 2.18. The normalized spacial score (nSPS) is 10.7. The van der Waals surface area contributed by atoms with Gasteiger partial charge in [0, 0.05) is 0 Å². The summed E-state index contributed by atoms with van der Waals surface area (Å²) in [6, 6.07) is 0. The van der Waals surface area contributed by atoms with Crippen LogP contribution in [0, 0.1) is 5.92 Å². The molecule has 0 aliphatic carbocycles. The van der Waals surface area contributed by atoms with Crippen LogP contribution in [0.5, 0.6) is 0 Å². The Morgan fingerprint density at radius 1 is 1.45 bits per heavy atom. The molecule has 0 bridgehead atoms. The molecule has 0 saturated heterocycles. The zero-order chi connectivity index (χ0) is 8.85. The van der Waals surface area contributed by atoms with Crippen LogP contribution < -0.4 is 0 Å². The van der Waals surface area contributed by atoms with Crippen LogP contribution >= 0.6 is 0 Å². The van der Waals surface area contributed by atoms with Gasteiger partial charge in [-0.3, -0.25) is 0 Å². The molecule has 66 valence electrons. The van der Waals surface area contributed by atoms with Crippen molar-refractivity contribution in [1.82, 2.24) is 0 Å². The third-order valence-corrected chi connectivity index (χ3v) is 2.47. The van der Waals surface area contributed by atoms with E-state index in [1.54, 1.807) is 0 Å². The van der Waals surface area contributed by atoms with Gasteiger partial charge in [0.2, 0.25) is 0 Å². The third-order valence-electron chi connectivity index (χ3n) is 1.49. The Labute approximate surface area is 74.8 Å². The molecular formula is C6H13O4Sb. The van der Waals surface area contributed by atoms with Crippen LogP contribution in [0.3, 0.4) is 0 Å². The molecule has 0 aliphatic heterocycles. The molecule has 0 aromatic heterocycles. The Balaban J connectivity index is 3.79. The van der Waals surface area contributed by atoms with Crippen molar-refractivity contribution in [2.75, 3.05) is 0 Å². The van der Waals surface area contributed by atoms with E-state index in [0.717, 1.165) is 0 Å². The van der Waals surface area contributed by atoms with Crippen LogP contribution in [-0.4, -0.2) is 34.2 Å². The monoisotopic (exact) mass is 270 g/mol. The molecule has 0 amide bonds. The van der Waals surface area contributed by atoms with E-state index in [4.69, 9.17) is 6.77 Å². The SMILES string of the molecule is CCC(CC)C(=O)[O][Sb]([OH])[OH]. The van der Waals surface area contributed by atoms with Crippen LogP contribution in [0.4, 0.5) is 0 Å². The summed E-state index contributed by atoms with van der Waals surface area (Å²) in [4.78, 5) is 10.9. The number of hydrogen-bond donors (Lipinski definition) is 2. The van der Waals surface area contributed by atoms with Crippen molar-refractivity contribution >= 4 is 27.4 Å². The van der Waals surface area contributed by atoms with Crippen molar-refractivity contribution in [3.05, 3.63) is 0 Å². The Morgan fingerprint density at radius 2 is 1.91 bits per heavy atom. The summed E-state index contributed by atoms with van der Waals surface area (Å²) >= 11 is -3.54. The number of rotatable bonds is 4. The molecule has 4 nitrogen and oxygen atoms in total. The van der Waals surface area contributed by atoms with E-state index in [1.807, 2.05) is 13.8 Å². The average molecular weight is 271 g/mol.